The van der Waals surface area contributed by atoms with Crippen LogP contribution in [0.3, 0.4) is 0 Å². The van der Waals surface area contributed by atoms with Crippen LogP contribution in [0.2, 0.25) is 0 Å². The number of ketones is 1. The summed E-state index contributed by atoms with van der Waals surface area (Å²) in [7, 11) is 1.60. The fraction of sp³-hybridized carbons (Fsp3) is 0.267. The molecule has 37 heavy (non-hydrogen) atoms. The lowest BCUT2D eigenvalue weighted by atomic mass is 9.95. The fourth-order valence-electron chi connectivity index (χ4n) is 4.66. The van der Waals surface area contributed by atoms with Gasteiger partial charge in [-0.15, -0.1) is 0 Å². The summed E-state index contributed by atoms with van der Waals surface area (Å²) in [5, 5.41) is 17.5. The zero-order valence-electron chi connectivity index (χ0n) is 20.9. The third-order valence-electron chi connectivity index (χ3n) is 6.77. The standard InChI is InChI=1S/C30H30N2O5/c1-19(26-5-3-4-18-31-26)36-25-16-8-21(9-17-25)29(34)27-28(20-6-12-23(33)13-7-20)32-37-30(27)22-10-14-24(35-2)15-11-22/h6-17,19,26,31,33H,3-5,18H2,1-2H3. The molecule has 1 saturated heterocycles. The van der Waals surface area contributed by atoms with Gasteiger partial charge in [-0.1, -0.05) is 11.6 Å². The molecule has 2 unspecified atom stereocenters. The number of hydrogen-bond donors (Lipinski definition) is 2. The van der Waals surface area contributed by atoms with Crippen LogP contribution in [0.1, 0.15) is 42.1 Å². The number of carbonyl (C=O) groups excluding carboxylic acids is 1. The summed E-state index contributed by atoms with van der Waals surface area (Å²) in [4.78, 5) is 13.8. The number of aromatic nitrogens is 1. The molecule has 1 aromatic heterocycles. The van der Waals surface area contributed by atoms with Gasteiger partial charge in [0.2, 0.25) is 0 Å². The predicted molar refractivity (Wildman–Crippen MR) is 141 cm³/mol. The van der Waals surface area contributed by atoms with Crippen LogP contribution in [0.25, 0.3) is 22.6 Å². The van der Waals surface area contributed by atoms with Gasteiger partial charge in [-0.3, -0.25) is 4.79 Å². The number of carbonyl (C=O) groups is 1. The number of phenols is 1. The highest BCUT2D eigenvalue weighted by Crippen LogP contribution is 2.35. The average Bonchev–Trinajstić information content (AvgIpc) is 3.39. The molecule has 2 N–H and O–H groups in total. The number of methoxy groups -OCH3 is 1. The lowest BCUT2D eigenvalue weighted by Crippen LogP contribution is -2.44. The highest BCUT2D eigenvalue weighted by molar-refractivity contribution is 6.15. The minimum Gasteiger partial charge on any atom is -0.508 e. The Morgan fingerprint density at radius 2 is 1.65 bits per heavy atom. The predicted octanol–water partition coefficient (Wildman–Crippen LogP) is 5.86. The van der Waals surface area contributed by atoms with Crippen molar-refractivity contribution in [2.24, 2.45) is 0 Å². The molecular formula is C30H30N2O5. The Morgan fingerprint density at radius 3 is 2.30 bits per heavy atom. The third kappa shape index (κ3) is 5.37. The molecule has 1 aliphatic heterocycles. The number of aromatic hydroxyl groups is 1. The van der Waals surface area contributed by atoms with E-state index in [2.05, 4.69) is 17.4 Å². The van der Waals surface area contributed by atoms with E-state index in [-0.39, 0.29) is 17.6 Å². The molecule has 7 heteroatoms. The molecule has 5 rings (SSSR count). The summed E-state index contributed by atoms with van der Waals surface area (Å²) in [5.74, 6) is 1.69. The highest BCUT2D eigenvalue weighted by Gasteiger charge is 2.27. The Balaban J connectivity index is 1.46. The second-order valence-corrected chi connectivity index (χ2v) is 9.24. The Morgan fingerprint density at radius 1 is 0.973 bits per heavy atom. The van der Waals surface area contributed by atoms with E-state index in [1.54, 1.807) is 55.6 Å². The number of rotatable bonds is 8. The van der Waals surface area contributed by atoms with E-state index >= 15 is 0 Å². The molecule has 0 amide bonds. The summed E-state index contributed by atoms with van der Waals surface area (Å²) < 4.78 is 17.1. The molecule has 1 aliphatic rings. The normalized spacial score (nSPS) is 16.2. The van der Waals surface area contributed by atoms with Crippen molar-refractivity contribution in [3.8, 4) is 39.8 Å². The number of phenolic OH excluding ortho intramolecular Hbond substituents is 1. The number of benzene rings is 3. The van der Waals surface area contributed by atoms with Crippen molar-refractivity contribution in [1.82, 2.24) is 10.5 Å². The smallest absolute Gasteiger partial charge is 0.199 e. The van der Waals surface area contributed by atoms with Gasteiger partial charge in [0.05, 0.1) is 12.7 Å². The monoisotopic (exact) mass is 498 g/mol. The van der Waals surface area contributed by atoms with Crippen LogP contribution in [0.4, 0.5) is 0 Å². The lowest BCUT2D eigenvalue weighted by molar-refractivity contribution is 0.103. The summed E-state index contributed by atoms with van der Waals surface area (Å²) >= 11 is 0. The molecule has 0 spiro atoms. The molecule has 1 fully saturated rings. The van der Waals surface area contributed by atoms with Crippen molar-refractivity contribution >= 4 is 5.78 Å². The quantitative estimate of drug-likeness (QED) is 0.294. The number of nitrogens with zero attached hydrogens (tertiary/aromatic N) is 1. The van der Waals surface area contributed by atoms with Gasteiger partial charge in [0.15, 0.2) is 11.5 Å². The van der Waals surface area contributed by atoms with Crippen molar-refractivity contribution in [2.45, 2.75) is 38.3 Å². The summed E-state index contributed by atoms with van der Waals surface area (Å²) in [6.07, 6.45) is 3.53. The van der Waals surface area contributed by atoms with E-state index in [1.807, 2.05) is 24.3 Å². The molecule has 4 aromatic rings. The SMILES string of the molecule is COc1ccc(-c2onc(-c3ccc(O)cc3)c2C(=O)c2ccc(OC(C)C3CCCCN3)cc2)cc1. The largest absolute Gasteiger partial charge is 0.508 e. The zero-order valence-corrected chi connectivity index (χ0v) is 20.9. The van der Waals surface area contributed by atoms with E-state index in [4.69, 9.17) is 14.0 Å². The summed E-state index contributed by atoms with van der Waals surface area (Å²) in [6.45, 7) is 3.09. The molecule has 0 aliphatic carbocycles. The lowest BCUT2D eigenvalue weighted by Gasteiger charge is -2.29. The first-order valence-corrected chi connectivity index (χ1v) is 12.5. The third-order valence-corrected chi connectivity index (χ3v) is 6.77. The molecule has 190 valence electrons. The topological polar surface area (TPSA) is 93.8 Å². The molecule has 3 aromatic carbocycles. The highest BCUT2D eigenvalue weighted by atomic mass is 16.5. The fourth-order valence-corrected chi connectivity index (χ4v) is 4.66. The van der Waals surface area contributed by atoms with Gasteiger partial charge < -0.3 is 24.4 Å². The van der Waals surface area contributed by atoms with Gasteiger partial charge in [-0.05, 0) is 99.1 Å². The second kappa shape index (κ2) is 10.9. The van der Waals surface area contributed by atoms with Crippen LogP contribution >= 0.6 is 0 Å². The Hall–Kier alpha value is -4.10. The molecule has 0 radical (unpaired) electrons. The van der Waals surface area contributed by atoms with Crippen LogP contribution in [0.5, 0.6) is 17.2 Å². The van der Waals surface area contributed by atoms with E-state index in [1.165, 1.54) is 12.8 Å². The summed E-state index contributed by atoms with van der Waals surface area (Å²) in [6, 6.07) is 21.3. The molecule has 2 heterocycles. The first-order valence-electron chi connectivity index (χ1n) is 12.5. The van der Waals surface area contributed by atoms with Crippen molar-refractivity contribution in [3.63, 3.8) is 0 Å². The number of piperidine rings is 1. The molecule has 2 atom stereocenters. The Kier molecular flexibility index (Phi) is 7.23. The molecule has 0 saturated carbocycles. The van der Waals surface area contributed by atoms with E-state index < -0.39 is 0 Å². The Bertz CT molecular complexity index is 1340. The van der Waals surface area contributed by atoms with Crippen molar-refractivity contribution in [3.05, 3.63) is 83.9 Å². The maximum atomic E-state index is 13.8. The van der Waals surface area contributed by atoms with Crippen LogP contribution in [-0.2, 0) is 0 Å². The van der Waals surface area contributed by atoms with Crippen LogP contribution in [0.15, 0.2) is 77.3 Å². The van der Waals surface area contributed by atoms with Crippen molar-refractivity contribution in [1.29, 1.82) is 0 Å². The Labute approximate surface area is 216 Å². The maximum Gasteiger partial charge on any atom is 0.199 e. The average molecular weight is 499 g/mol. The van der Waals surface area contributed by atoms with Gasteiger partial charge in [-0.25, -0.2) is 0 Å². The number of ether oxygens (including phenoxy) is 2. The van der Waals surface area contributed by atoms with E-state index in [9.17, 15) is 9.90 Å². The van der Waals surface area contributed by atoms with Crippen LogP contribution in [-0.4, -0.2) is 41.8 Å². The van der Waals surface area contributed by atoms with Gasteiger partial charge in [0.1, 0.15) is 29.0 Å². The van der Waals surface area contributed by atoms with Crippen LogP contribution < -0.4 is 14.8 Å². The van der Waals surface area contributed by atoms with Gasteiger partial charge in [-0.2, -0.15) is 0 Å². The molecular weight excluding hydrogens is 468 g/mol. The first-order chi connectivity index (χ1) is 18.0. The van der Waals surface area contributed by atoms with Gasteiger partial charge in [0.25, 0.3) is 0 Å². The van der Waals surface area contributed by atoms with E-state index in [0.717, 1.165) is 18.7 Å². The van der Waals surface area contributed by atoms with Gasteiger partial charge >= 0.3 is 0 Å². The first kappa shape index (κ1) is 24.6. The summed E-state index contributed by atoms with van der Waals surface area (Å²) in [5.41, 5.74) is 2.63. The molecule has 0 bridgehead atoms. The number of nitrogens with one attached hydrogen (secondary N) is 1. The van der Waals surface area contributed by atoms with Gasteiger partial charge in [0, 0.05) is 22.7 Å². The minimum absolute atomic E-state index is 0.0303. The van der Waals surface area contributed by atoms with Crippen molar-refractivity contribution < 1.29 is 23.9 Å². The maximum absolute atomic E-state index is 13.8. The zero-order chi connectivity index (χ0) is 25.8. The number of hydrogen-bond acceptors (Lipinski definition) is 7. The minimum atomic E-state index is -0.219. The van der Waals surface area contributed by atoms with Crippen LogP contribution in [0, 0.1) is 0 Å². The van der Waals surface area contributed by atoms with E-state index in [0.29, 0.717) is 45.5 Å². The molecule has 7 nitrogen and oxygen atoms in total. The van der Waals surface area contributed by atoms with Crippen molar-refractivity contribution in [2.75, 3.05) is 13.7 Å². The second-order valence-electron chi connectivity index (χ2n) is 9.24.